The number of fused-ring (bicyclic) bond motifs is 3. The largest absolute Gasteiger partial charge is 0.0839 e. The van der Waals surface area contributed by atoms with Gasteiger partial charge in [-0.2, -0.15) is 0 Å². The van der Waals surface area contributed by atoms with Crippen molar-refractivity contribution in [2.45, 2.75) is 96.8 Å². The molecule has 7 aliphatic carbocycles. The van der Waals surface area contributed by atoms with Crippen LogP contribution in [-0.4, -0.2) is 0 Å². The van der Waals surface area contributed by atoms with Gasteiger partial charge in [-0.25, -0.2) is 0 Å². The first-order chi connectivity index (χ1) is 22.3. The minimum Gasteiger partial charge on any atom is -0.0839 e. The molecule has 0 heterocycles. The summed E-state index contributed by atoms with van der Waals surface area (Å²) in [5.41, 5.74) is 20.4. The van der Waals surface area contributed by atoms with Crippen molar-refractivity contribution in [3.05, 3.63) is 133 Å². The minimum atomic E-state index is 0.00108. The van der Waals surface area contributed by atoms with E-state index < -0.39 is 0 Å². The number of allylic oxidation sites excluding steroid dienone is 12. The van der Waals surface area contributed by atoms with Gasteiger partial charge in [0.15, 0.2) is 0 Å². The lowest BCUT2D eigenvalue weighted by Crippen LogP contribution is -2.26. The fourth-order valence-electron chi connectivity index (χ4n) is 10.7. The maximum atomic E-state index is 2.61. The van der Waals surface area contributed by atoms with Gasteiger partial charge in [-0.1, -0.05) is 101 Å². The van der Waals surface area contributed by atoms with E-state index in [9.17, 15) is 0 Å². The standard InChI is InChI=1S/C46H44/c1-45(2)39-11-6-5-10-34(39)35-20-16-30(24-40(35)45)31-17-21-36-37-22-18-32(26-42(37)46(3,4)41(36)25-31)33-19-14-29-13-12-27-8-7-9-28-15-23-38(33)44(29)43(27)28/h6,8,11-14,17,19,21,23-26,28H,5,7,9-10,15-16,18,20,22H2,1-4H3. The fourth-order valence-corrected chi connectivity index (χ4v) is 10.7. The van der Waals surface area contributed by atoms with Crippen LogP contribution < -0.4 is 10.4 Å². The summed E-state index contributed by atoms with van der Waals surface area (Å²) in [6, 6.07) is 17.1. The SMILES string of the molecule is CC1(C)C2=C(CCC=C2)C2=C1C=C(c1ccc3c(c1)C(C)(C)C1=C3CCC(c3ccc4ccc5c6c4c3=CCC6CCC=5)=C1)CC2. The molecule has 1 atom stereocenters. The van der Waals surface area contributed by atoms with Crippen LogP contribution in [0.2, 0.25) is 0 Å². The Labute approximate surface area is 274 Å². The molecule has 0 N–H and O–H groups in total. The van der Waals surface area contributed by atoms with Crippen molar-refractivity contribution in [3.8, 4) is 0 Å². The van der Waals surface area contributed by atoms with Crippen LogP contribution in [0.4, 0.5) is 0 Å². The highest BCUT2D eigenvalue weighted by Crippen LogP contribution is 2.56. The number of benzene rings is 3. The Morgan fingerprint density at radius 3 is 2.33 bits per heavy atom. The van der Waals surface area contributed by atoms with Gasteiger partial charge < -0.3 is 0 Å². The Bertz CT molecular complexity index is 2260. The van der Waals surface area contributed by atoms with E-state index in [1.54, 1.807) is 39.0 Å². The molecule has 0 heteroatoms. The van der Waals surface area contributed by atoms with Crippen molar-refractivity contribution in [3.63, 3.8) is 0 Å². The predicted octanol–water partition coefficient (Wildman–Crippen LogP) is 10.8. The van der Waals surface area contributed by atoms with E-state index in [1.807, 2.05) is 0 Å². The molecule has 7 aliphatic rings. The molecule has 0 bridgehead atoms. The van der Waals surface area contributed by atoms with Gasteiger partial charge in [0.25, 0.3) is 0 Å². The first kappa shape index (κ1) is 27.2. The molecule has 0 saturated carbocycles. The minimum absolute atomic E-state index is 0.00108. The first-order valence-electron chi connectivity index (χ1n) is 18.0. The van der Waals surface area contributed by atoms with Crippen LogP contribution in [0.3, 0.4) is 0 Å². The average molecular weight is 597 g/mol. The van der Waals surface area contributed by atoms with Crippen LogP contribution in [0.15, 0.2) is 94.6 Å². The van der Waals surface area contributed by atoms with Crippen molar-refractivity contribution in [2.75, 3.05) is 0 Å². The maximum Gasteiger partial charge on any atom is 0.0155 e. The summed E-state index contributed by atoms with van der Waals surface area (Å²) in [5, 5.41) is 5.95. The normalized spacial score (nSPS) is 24.6. The smallest absolute Gasteiger partial charge is 0.0155 e. The molecule has 1 unspecified atom stereocenters. The van der Waals surface area contributed by atoms with E-state index in [0.29, 0.717) is 5.92 Å². The third kappa shape index (κ3) is 3.57. The maximum absolute atomic E-state index is 2.61. The quantitative estimate of drug-likeness (QED) is 0.276. The molecule has 0 nitrogen and oxygen atoms in total. The summed E-state index contributed by atoms with van der Waals surface area (Å²) < 4.78 is 0. The molecule has 228 valence electrons. The summed E-state index contributed by atoms with van der Waals surface area (Å²) in [5.74, 6) is 0.693. The van der Waals surface area contributed by atoms with E-state index in [0.717, 1.165) is 19.3 Å². The van der Waals surface area contributed by atoms with E-state index in [1.165, 1.54) is 93.1 Å². The zero-order valence-electron chi connectivity index (χ0n) is 27.9. The molecular weight excluding hydrogens is 553 g/mol. The van der Waals surface area contributed by atoms with E-state index >= 15 is 0 Å². The summed E-state index contributed by atoms with van der Waals surface area (Å²) >= 11 is 0. The van der Waals surface area contributed by atoms with Crippen molar-refractivity contribution >= 4 is 39.6 Å². The fraction of sp³-hybridized carbons (Fsp3) is 0.348. The van der Waals surface area contributed by atoms with E-state index in [-0.39, 0.29) is 10.8 Å². The van der Waals surface area contributed by atoms with Crippen LogP contribution in [0.25, 0.3) is 39.6 Å². The Hall–Kier alpha value is -3.90. The summed E-state index contributed by atoms with van der Waals surface area (Å²) in [6.07, 6.45) is 25.8. The molecule has 3 aromatic rings. The van der Waals surface area contributed by atoms with Gasteiger partial charge >= 0.3 is 0 Å². The van der Waals surface area contributed by atoms with Crippen molar-refractivity contribution in [1.82, 2.24) is 0 Å². The second-order valence-corrected chi connectivity index (χ2v) is 16.1. The van der Waals surface area contributed by atoms with Crippen molar-refractivity contribution < 1.29 is 0 Å². The van der Waals surface area contributed by atoms with Gasteiger partial charge in [0, 0.05) is 10.8 Å². The lowest BCUT2D eigenvalue weighted by molar-refractivity contribution is 0.569. The van der Waals surface area contributed by atoms with Crippen molar-refractivity contribution in [1.29, 1.82) is 0 Å². The third-order valence-corrected chi connectivity index (χ3v) is 13.1. The molecule has 0 fully saturated rings. The molecule has 0 saturated heterocycles. The first-order valence-corrected chi connectivity index (χ1v) is 18.0. The molecule has 3 aromatic carbocycles. The summed E-state index contributed by atoms with van der Waals surface area (Å²) in [6.45, 7) is 9.84. The van der Waals surface area contributed by atoms with Gasteiger partial charge in [0.05, 0.1) is 0 Å². The molecule has 0 amide bonds. The lowest BCUT2D eigenvalue weighted by Gasteiger charge is -2.29. The van der Waals surface area contributed by atoms with Gasteiger partial charge in [0.2, 0.25) is 0 Å². The lowest BCUT2D eigenvalue weighted by atomic mass is 9.75. The Kier molecular flexibility index (Phi) is 5.53. The summed E-state index contributed by atoms with van der Waals surface area (Å²) in [4.78, 5) is 0. The number of hydrogen-bond donors (Lipinski definition) is 0. The van der Waals surface area contributed by atoms with E-state index in [4.69, 9.17) is 0 Å². The molecule has 0 aromatic heterocycles. The van der Waals surface area contributed by atoms with Gasteiger partial charge in [-0.05, 0) is 163 Å². The predicted molar refractivity (Wildman–Crippen MR) is 196 cm³/mol. The molecule has 46 heavy (non-hydrogen) atoms. The zero-order chi connectivity index (χ0) is 30.9. The van der Waals surface area contributed by atoms with Crippen molar-refractivity contribution in [2.24, 2.45) is 5.41 Å². The van der Waals surface area contributed by atoms with Gasteiger partial charge in [-0.3, -0.25) is 0 Å². The highest BCUT2D eigenvalue weighted by atomic mass is 14.4. The van der Waals surface area contributed by atoms with Crippen LogP contribution in [0.1, 0.15) is 119 Å². The van der Waals surface area contributed by atoms with E-state index in [2.05, 4.69) is 107 Å². The molecule has 10 rings (SSSR count). The van der Waals surface area contributed by atoms with Crippen LogP contribution in [0.5, 0.6) is 0 Å². The Morgan fingerprint density at radius 1 is 0.652 bits per heavy atom. The average Bonchev–Trinajstić information content (AvgIpc) is 3.46. The molecule has 0 radical (unpaired) electrons. The van der Waals surface area contributed by atoms with Crippen LogP contribution in [-0.2, 0) is 5.41 Å². The molecular formula is C46H44. The highest BCUT2D eigenvalue weighted by molar-refractivity contribution is 5.95. The number of rotatable bonds is 2. The highest BCUT2D eigenvalue weighted by Gasteiger charge is 2.41. The Morgan fingerprint density at radius 2 is 1.41 bits per heavy atom. The number of hydrogen-bond acceptors (Lipinski definition) is 0. The van der Waals surface area contributed by atoms with Gasteiger partial charge in [-0.15, -0.1) is 0 Å². The molecule has 0 aliphatic heterocycles. The second-order valence-electron chi connectivity index (χ2n) is 16.1. The second kappa shape index (κ2) is 9.34. The van der Waals surface area contributed by atoms with Crippen LogP contribution in [0, 0.1) is 5.41 Å². The third-order valence-electron chi connectivity index (χ3n) is 13.1. The van der Waals surface area contributed by atoms with Crippen LogP contribution >= 0.6 is 0 Å². The molecule has 0 spiro atoms. The zero-order valence-corrected chi connectivity index (χ0v) is 27.9. The topological polar surface area (TPSA) is 0 Å². The summed E-state index contributed by atoms with van der Waals surface area (Å²) in [7, 11) is 0. The Balaban J connectivity index is 1.04. The monoisotopic (exact) mass is 596 g/mol. The van der Waals surface area contributed by atoms with Gasteiger partial charge in [0.1, 0.15) is 0 Å².